The van der Waals surface area contributed by atoms with Gasteiger partial charge in [-0.2, -0.15) is 0 Å². The quantitative estimate of drug-likeness (QED) is 0.552. The average molecular weight is 248 g/mol. The molecule has 0 aromatic heterocycles. The molecule has 0 amide bonds. The fourth-order valence-electron chi connectivity index (χ4n) is 2.35. The van der Waals surface area contributed by atoms with Crippen molar-refractivity contribution >= 4 is 5.78 Å². The minimum Gasteiger partial charge on any atom is -0.315 e. The van der Waals surface area contributed by atoms with Crippen molar-refractivity contribution in [3.8, 4) is 0 Å². The molecule has 0 spiro atoms. The van der Waals surface area contributed by atoms with E-state index >= 15 is 0 Å². The molecule has 1 aliphatic rings. The Morgan fingerprint density at radius 2 is 2.22 bits per heavy atom. The third-order valence-corrected chi connectivity index (χ3v) is 3.15. The zero-order valence-electron chi connectivity index (χ0n) is 11.8. The summed E-state index contributed by atoms with van der Waals surface area (Å²) in [6.07, 6.45) is 6.54. The first kappa shape index (κ1) is 14.9. The van der Waals surface area contributed by atoms with Crippen LogP contribution in [-0.4, -0.2) is 36.4 Å². The number of carbonyl (C=O) groups excluding carboxylic acids is 1. The molecule has 1 atom stereocenters. The Morgan fingerprint density at radius 1 is 1.50 bits per heavy atom. The molecule has 1 aliphatic heterocycles. The summed E-state index contributed by atoms with van der Waals surface area (Å²) in [4.78, 5) is 17.5. The molecule has 1 saturated heterocycles. The van der Waals surface area contributed by atoms with Crippen LogP contribution in [-0.2, 0) is 4.79 Å². The summed E-state index contributed by atoms with van der Waals surface area (Å²) in [5.41, 5.74) is 0.0572. The zero-order valence-corrected chi connectivity index (χ0v) is 11.8. The monoisotopic (exact) mass is 248 g/mol. The van der Waals surface area contributed by atoms with Gasteiger partial charge < -0.3 is 4.85 Å². The Bertz CT molecular complexity index is 346. The van der Waals surface area contributed by atoms with E-state index in [9.17, 15) is 4.79 Å². The van der Waals surface area contributed by atoms with Crippen LogP contribution < -0.4 is 0 Å². The summed E-state index contributed by atoms with van der Waals surface area (Å²) >= 11 is 0. The van der Waals surface area contributed by atoms with Gasteiger partial charge in [-0.1, -0.05) is 26.8 Å². The summed E-state index contributed by atoms with van der Waals surface area (Å²) in [5.74, 6) is 0.198. The Balaban J connectivity index is 2.36. The van der Waals surface area contributed by atoms with Gasteiger partial charge in [0.2, 0.25) is 6.54 Å². The number of rotatable bonds is 5. The second kappa shape index (κ2) is 6.70. The van der Waals surface area contributed by atoms with Crippen molar-refractivity contribution in [3.63, 3.8) is 0 Å². The number of nitrogens with zero attached hydrogens (tertiary/aromatic N) is 2. The lowest BCUT2D eigenvalue weighted by Gasteiger charge is -2.18. The van der Waals surface area contributed by atoms with Gasteiger partial charge >= 0.3 is 0 Å². The van der Waals surface area contributed by atoms with E-state index in [4.69, 9.17) is 6.57 Å². The van der Waals surface area contributed by atoms with Crippen LogP contribution in [0.3, 0.4) is 0 Å². The van der Waals surface area contributed by atoms with Crippen molar-refractivity contribution in [1.82, 2.24) is 4.90 Å². The summed E-state index contributed by atoms with van der Waals surface area (Å²) in [5, 5.41) is 0. The molecular formula is C15H24N2O. The van der Waals surface area contributed by atoms with E-state index < -0.39 is 0 Å². The first-order valence-corrected chi connectivity index (χ1v) is 6.69. The maximum atomic E-state index is 11.7. The topological polar surface area (TPSA) is 24.7 Å². The molecule has 1 unspecified atom stereocenters. The van der Waals surface area contributed by atoms with E-state index in [1.807, 2.05) is 6.08 Å². The van der Waals surface area contributed by atoms with Gasteiger partial charge in [-0.15, -0.1) is 0 Å². The number of hydrogen-bond acceptors (Lipinski definition) is 2. The highest BCUT2D eigenvalue weighted by atomic mass is 16.1. The second-order valence-electron chi connectivity index (χ2n) is 6.24. The van der Waals surface area contributed by atoms with Crippen LogP contribution in [0.15, 0.2) is 12.2 Å². The van der Waals surface area contributed by atoms with Crippen molar-refractivity contribution in [2.24, 2.45) is 5.41 Å². The lowest BCUT2D eigenvalue weighted by Crippen LogP contribution is -2.31. The summed E-state index contributed by atoms with van der Waals surface area (Å²) < 4.78 is 0. The molecule has 0 radical (unpaired) electrons. The van der Waals surface area contributed by atoms with Crippen LogP contribution in [0.4, 0.5) is 0 Å². The lowest BCUT2D eigenvalue weighted by atomic mass is 9.90. The van der Waals surface area contributed by atoms with Crippen molar-refractivity contribution in [2.75, 3.05) is 19.6 Å². The van der Waals surface area contributed by atoms with Crippen LogP contribution in [0.1, 0.15) is 40.0 Å². The maximum absolute atomic E-state index is 11.7. The van der Waals surface area contributed by atoms with E-state index in [0.29, 0.717) is 19.0 Å². The van der Waals surface area contributed by atoms with Gasteiger partial charge in [0.25, 0.3) is 0 Å². The van der Waals surface area contributed by atoms with Crippen molar-refractivity contribution < 1.29 is 4.79 Å². The molecule has 1 heterocycles. The van der Waals surface area contributed by atoms with Gasteiger partial charge in [0, 0.05) is 13.0 Å². The van der Waals surface area contributed by atoms with Crippen LogP contribution >= 0.6 is 0 Å². The molecule has 18 heavy (non-hydrogen) atoms. The van der Waals surface area contributed by atoms with Gasteiger partial charge in [0.05, 0.1) is 6.04 Å². The molecule has 0 aromatic rings. The third kappa shape index (κ3) is 5.46. The molecule has 0 bridgehead atoms. The standard InChI is InChI=1S/C15H24N2O/c1-15(2,3)11-14(18)8-6-10-17-9-5-7-13(17)12-16-4/h6,8,13H,5,7,9-12H2,1-3H3/b8-6+. The van der Waals surface area contributed by atoms with E-state index in [1.165, 1.54) is 6.42 Å². The van der Waals surface area contributed by atoms with Crippen molar-refractivity contribution in [3.05, 3.63) is 23.6 Å². The fourth-order valence-corrected chi connectivity index (χ4v) is 2.35. The van der Waals surface area contributed by atoms with Crippen LogP contribution in [0.25, 0.3) is 4.85 Å². The van der Waals surface area contributed by atoms with Crippen LogP contribution in [0.5, 0.6) is 0 Å². The van der Waals surface area contributed by atoms with Crippen molar-refractivity contribution in [2.45, 2.75) is 46.1 Å². The average Bonchev–Trinajstić information content (AvgIpc) is 2.64. The summed E-state index contributed by atoms with van der Waals surface area (Å²) in [6, 6.07) is 0.393. The van der Waals surface area contributed by atoms with E-state index in [-0.39, 0.29) is 11.2 Å². The minimum absolute atomic E-state index is 0.0572. The SMILES string of the molecule is [C-]#[N+]CC1CCCN1C/C=C/C(=O)CC(C)(C)C. The molecule has 0 saturated carbocycles. The highest BCUT2D eigenvalue weighted by Crippen LogP contribution is 2.19. The number of carbonyl (C=O) groups is 1. The normalized spacial score (nSPS) is 21.3. The van der Waals surface area contributed by atoms with Crippen LogP contribution in [0.2, 0.25) is 0 Å². The molecule has 3 nitrogen and oxygen atoms in total. The summed E-state index contributed by atoms with van der Waals surface area (Å²) in [6.45, 7) is 15.6. The van der Waals surface area contributed by atoms with E-state index in [2.05, 4.69) is 30.5 Å². The molecule has 0 aliphatic carbocycles. The Labute approximate surface area is 111 Å². The lowest BCUT2D eigenvalue weighted by molar-refractivity contribution is -0.116. The molecule has 1 rings (SSSR count). The van der Waals surface area contributed by atoms with Gasteiger partial charge in [0.1, 0.15) is 0 Å². The van der Waals surface area contributed by atoms with Crippen molar-refractivity contribution in [1.29, 1.82) is 0 Å². The molecular weight excluding hydrogens is 224 g/mol. The van der Waals surface area contributed by atoms with Gasteiger partial charge in [-0.05, 0) is 30.9 Å². The Hall–Kier alpha value is -1.14. The first-order valence-electron chi connectivity index (χ1n) is 6.69. The number of hydrogen-bond donors (Lipinski definition) is 0. The smallest absolute Gasteiger partial charge is 0.230 e. The Morgan fingerprint density at radius 3 is 2.83 bits per heavy atom. The number of likely N-dealkylation sites (tertiary alicyclic amines) is 1. The first-order chi connectivity index (χ1) is 8.42. The number of ketones is 1. The Kier molecular flexibility index (Phi) is 5.55. The molecule has 100 valence electrons. The minimum atomic E-state index is 0.0572. The molecule has 0 N–H and O–H groups in total. The highest BCUT2D eigenvalue weighted by molar-refractivity contribution is 5.90. The summed E-state index contributed by atoms with van der Waals surface area (Å²) in [7, 11) is 0. The van der Waals surface area contributed by atoms with Gasteiger partial charge in [-0.3, -0.25) is 9.69 Å². The predicted molar refractivity (Wildman–Crippen MR) is 74.3 cm³/mol. The van der Waals surface area contributed by atoms with E-state index in [1.54, 1.807) is 6.08 Å². The molecule has 3 heteroatoms. The molecule has 1 fully saturated rings. The highest BCUT2D eigenvalue weighted by Gasteiger charge is 2.25. The third-order valence-electron chi connectivity index (χ3n) is 3.15. The van der Waals surface area contributed by atoms with Gasteiger partial charge in [0.15, 0.2) is 5.78 Å². The van der Waals surface area contributed by atoms with E-state index in [0.717, 1.165) is 19.5 Å². The van der Waals surface area contributed by atoms with Gasteiger partial charge in [-0.25, -0.2) is 6.57 Å². The maximum Gasteiger partial charge on any atom is 0.230 e. The zero-order chi connectivity index (χ0) is 13.6. The molecule has 0 aromatic carbocycles. The number of allylic oxidation sites excluding steroid dienone is 1. The fraction of sp³-hybridized carbons (Fsp3) is 0.733. The largest absolute Gasteiger partial charge is 0.315 e. The van der Waals surface area contributed by atoms with Crippen LogP contribution in [0, 0.1) is 12.0 Å². The second-order valence-corrected chi connectivity index (χ2v) is 6.24. The predicted octanol–water partition coefficient (Wildman–Crippen LogP) is 2.93.